The van der Waals surface area contributed by atoms with Crippen LogP contribution >= 0.6 is 0 Å². The molecule has 1 rings (SSSR count). The summed E-state index contributed by atoms with van der Waals surface area (Å²) in [6.45, 7) is -0.241. The van der Waals surface area contributed by atoms with Crippen molar-refractivity contribution >= 4 is 0 Å². The molecule has 0 amide bonds. The van der Waals surface area contributed by atoms with Crippen LogP contribution in [0.15, 0.2) is 18.2 Å². The van der Waals surface area contributed by atoms with Crippen molar-refractivity contribution in [1.82, 2.24) is 5.32 Å². The van der Waals surface area contributed by atoms with E-state index in [2.05, 4.69) is 5.32 Å². The number of ether oxygens (including phenoxy) is 1. The van der Waals surface area contributed by atoms with Gasteiger partial charge in [0.1, 0.15) is 0 Å². The number of methoxy groups -OCH3 is 1. The summed E-state index contributed by atoms with van der Waals surface area (Å²) in [4.78, 5) is 0. The zero-order valence-electron chi connectivity index (χ0n) is 9.51. The fraction of sp³-hybridized carbons (Fsp3) is 0.455. The molecular weight excluding hydrogens is 235 g/mol. The van der Waals surface area contributed by atoms with Crippen molar-refractivity contribution in [2.45, 2.75) is 12.1 Å². The Morgan fingerprint density at radius 1 is 1.41 bits per heavy atom. The van der Waals surface area contributed by atoms with Crippen LogP contribution in [0.5, 0.6) is 11.5 Å². The van der Waals surface area contributed by atoms with Gasteiger partial charge in [0.2, 0.25) is 0 Å². The van der Waals surface area contributed by atoms with Crippen molar-refractivity contribution in [3.05, 3.63) is 23.8 Å². The molecule has 3 nitrogen and oxygen atoms in total. The molecule has 0 spiro atoms. The maximum atomic E-state index is 12.8. The molecule has 2 N–H and O–H groups in total. The van der Waals surface area contributed by atoms with Gasteiger partial charge in [-0.05, 0) is 24.7 Å². The molecule has 0 fully saturated rings. The summed E-state index contributed by atoms with van der Waals surface area (Å²) in [7, 11) is 2.78. The molecule has 0 heterocycles. The third kappa shape index (κ3) is 3.26. The Morgan fingerprint density at radius 2 is 2.06 bits per heavy atom. The van der Waals surface area contributed by atoms with Crippen molar-refractivity contribution in [3.63, 3.8) is 0 Å². The predicted octanol–water partition coefficient (Wildman–Crippen LogP) is 2.27. The van der Waals surface area contributed by atoms with Gasteiger partial charge < -0.3 is 15.2 Å². The Labute approximate surface area is 97.2 Å². The van der Waals surface area contributed by atoms with E-state index in [1.807, 2.05) is 0 Å². The molecule has 0 aliphatic rings. The van der Waals surface area contributed by atoms with Crippen LogP contribution in [-0.4, -0.2) is 32.0 Å². The number of likely N-dealkylation sites (N-methyl/N-ethyl adjacent to an activating group) is 1. The molecule has 17 heavy (non-hydrogen) atoms. The molecule has 1 aromatic rings. The van der Waals surface area contributed by atoms with E-state index < -0.39 is 12.1 Å². The van der Waals surface area contributed by atoms with Crippen molar-refractivity contribution in [2.24, 2.45) is 0 Å². The van der Waals surface area contributed by atoms with Crippen molar-refractivity contribution < 1.29 is 23.0 Å². The lowest BCUT2D eigenvalue weighted by atomic mass is 9.98. The first-order valence-corrected chi connectivity index (χ1v) is 4.98. The first-order valence-electron chi connectivity index (χ1n) is 4.98. The predicted molar refractivity (Wildman–Crippen MR) is 57.4 cm³/mol. The highest BCUT2D eigenvalue weighted by Crippen LogP contribution is 2.37. The minimum absolute atomic E-state index is 0.00477. The van der Waals surface area contributed by atoms with E-state index >= 15 is 0 Å². The number of phenols is 1. The lowest BCUT2D eigenvalue weighted by Gasteiger charge is -2.20. The summed E-state index contributed by atoms with van der Waals surface area (Å²) in [5.41, 5.74) is 0.00477. The Bertz CT molecular complexity index is 379. The molecule has 0 saturated heterocycles. The molecule has 0 aromatic heterocycles. The van der Waals surface area contributed by atoms with Gasteiger partial charge in [0.15, 0.2) is 11.5 Å². The second-order valence-electron chi connectivity index (χ2n) is 3.58. The van der Waals surface area contributed by atoms with E-state index in [4.69, 9.17) is 4.74 Å². The summed E-state index contributed by atoms with van der Waals surface area (Å²) in [6.07, 6.45) is -4.36. The van der Waals surface area contributed by atoms with E-state index in [1.54, 1.807) is 0 Å². The van der Waals surface area contributed by atoms with Gasteiger partial charge in [-0.1, -0.05) is 6.07 Å². The Hall–Kier alpha value is -1.43. The first kappa shape index (κ1) is 13.6. The van der Waals surface area contributed by atoms with Crippen LogP contribution in [-0.2, 0) is 0 Å². The van der Waals surface area contributed by atoms with E-state index in [0.717, 1.165) is 6.07 Å². The normalized spacial score (nSPS) is 13.5. The van der Waals surface area contributed by atoms with E-state index in [-0.39, 0.29) is 23.6 Å². The van der Waals surface area contributed by atoms with Gasteiger partial charge in [0.25, 0.3) is 0 Å². The number of phenolic OH excluding ortho intramolecular Hbond substituents is 1. The van der Waals surface area contributed by atoms with Crippen LogP contribution in [0.2, 0.25) is 0 Å². The Balaban J connectivity index is 3.07. The largest absolute Gasteiger partial charge is 0.504 e. The minimum atomic E-state index is -4.36. The summed E-state index contributed by atoms with van der Waals surface area (Å²) in [6, 6.07) is 3.70. The number of hydrogen-bond acceptors (Lipinski definition) is 3. The number of halogens is 3. The van der Waals surface area contributed by atoms with Crippen LogP contribution in [0, 0.1) is 0 Å². The lowest BCUT2D eigenvalue weighted by Crippen LogP contribution is -2.29. The lowest BCUT2D eigenvalue weighted by molar-refractivity contribution is -0.149. The highest BCUT2D eigenvalue weighted by molar-refractivity contribution is 5.43. The highest BCUT2D eigenvalue weighted by Gasteiger charge is 2.40. The first-order chi connectivity index (χ1) is 7.90. The fourth-order valence-electron chi connectivity index (χ4n) is 1.55. The Morgan fingerprint density at radius 3 is 2.47 bits per heavy atom. The van der Waals surface area contributed by atoms with Crippen molar-refractivity contribution in [1.29, 1.82) is 0 Å². The molecule has 96 valence electrons. The maximum absolute atomic E-state index is 12.8. The smallest absolute Gasteiger partial charge is 0.396 e. The maximum Gasteiger partial charge on any atom is 0.396 e. The van der Waals surface area contributed by atoms with Crippen molar-refractivity contribution in [2.75, 3.05) is 20.7 Å². The number of alkyl halides is 3. The van der Waals surface area contributed by atoms with Gasteiger partial charge in [-0.2, -0.15) is 13.2 Å². The summed E-state index contributed by atoms with van der Waals surface area (Å²) in [5, 5.41) is 11.9. The molecule has 1 atom stereocenters. The molecule has 0 bridgehead atoms. The number of hydrogen-bond donors (Lipinski definition) is 2. The molecule has 0 radical (unpaired) electrons. The second kappa shape index (κ2) is 5.27. The molecule has 0 saturated carbocycles. The van der Waals surface area contributed by atoms with E-state index in [9.17, 15) is 18.3 Å². The quantitative estimate of drug-likeness (QED) is 0.860. The van der Waals surface area contributed by atoms with Crippen LogP contribution in [0.4, 0.5) is 13.2 Å². The zero-order chi connectivity index (χ0) is 13.1. The average Bonchev–Trinajstić information content (AvgIpc) is 2.24. The van der Waals surface area contributed by atoms with Crippen LogP contribution in [0.3, 0.4) is 0 Å². The van der Waals surface area contributed by atoms with E-state index in [0.29, 0.717) is 0 Å². The van der Waals surface area contributed by atoms with Gasteiger partial charge in [-0.25, -0.2) is 0 Å². The fourth-order valence-corrected chi connectivity index (χ4v) is 1.55. The number of benzene rings is 1. The topological polar surface area (TPSA) is 41.5 Å². The van der Waals surface area contributed by atoms with Crippen LogP contribution in [0.1, 0.15) is 11.5 Å². The minimum Gasteiger partial charge on any atom is -0.504 e. The summed E-state index contributed by atoms with van der Waals surface area (Å²) in [5.74, 6) is -1.79. The third-order valence-corrected chi connectivity index (χ3v) is 2.41. The van der Waals surface area contributed by atoms with E-state index in [1.165, 1.54) is 26.3 Å². The second-order valence-corrected chi connectivity index (χ2v) is 3.58. The third-order valence-electron chi connectivity index (χ3n) is 2.41. The molecule has 0 aliphatic carbocycles. The zero-order valence-corrected chi connectivity index (χ0v) is 9.51. The standard InChI is InChI=1S/C11H14F3NO2/c1-15-6-8(11(12,13)14)7-3-4-10(17-2)9(16)5-7/h3-5,8,15-16H,6H2,1-2H3. The summed E-state index contributed by atoms with van der Waals surface area (Å²) >= 11 is 0. The van der Waals surface area contributed by atoms with Gasteiger partial charge >= 0.3 is 6.18 Å². The number of rotatable bonds is 4. The Kier molecular flexibility index (Phi) is 4.22. The average molecular weight is 249 g/mol. The van der Waals surface area contributed by atoms with Gasteiger partial charge in [-0.15, -0.1) is 0 Å². The highest BCUT2D eigenvalue weighted by atomic mass is 19.4. The van der Waals surface area contributed by atoms with Crippen molar-refractivity contribution in [3.8, 4) is 11.5 Å². The molecule has 1 unspecified atom stereocenters. The monoisotopic (exact) mass is 249 g/mol. The van der Waals surface area contributed by atoms with Crippen LogP contribution in [0.25, 0.3) is 0 Å². The molecular formula is C11H14F3NO2. The molecule has 1 aromatic carbocycles. The molecule has 6 heteroatoms. The van der Waals surface area contributed by atoms with Gasteiger partial charge in [0, 0.05) is 6.54 Å². The van der Waals surface area contributed by atoms with Crippen LogP contribution < -0.4 is 10.1 Å². The van der Waals surface area contributed by atoms with Gasteiger partial charge in [-0.3, -0.25) is 0 Å². The SMILES string of the molecule is CNCC(c1ccc(OC)c(O)c1)C(F)(F)F. The number of nitrogens with one attached hydrogen (secondary N) is 1. The number of aromatic hydroxyl groups is 1. The summed E-state index contributed by atoms with van der Waals surface area (Å²) < 4.78 is 43.0. The van der Waals surface area contributed by atoms with Gasteiger partial charge in [0.05, 0.1) is 13.0 Å². The molecule has 0 aliphatic heterocycles.